The van der Waals surface area contributed by atoms with Crippen molar-refractivity contribution in [3.05, 3.63) is 28.8 Å². The minimum absolute atomic E-state index is 0.0576. The molecule has 0 aliphatic rings. The summed E-state index contributed by atoms with van der Waals surface area (Å²) in [5.74, 6) is 0.915. The highest BCUT2D eigenvalue weighted by Gasteiger charge is 2.27. The molecule has 2 nitrogen and oxygen atoms in total. The van der Waals surface area contributed by atoms with Gasteiger partial charge in [0.1, 0.15) is 5.75 Å². The lowest BCUT2D eigenvalue weighted by atomic mass is 9.77. The standard InChI is InChI=1S/C19H33NO/c1-13(12-20(8)9)14-10-15(18(2,3)4)17(21)16(11-14)19(5,6)7/h10-11,13,21H,12H2,1-9H3. The van der Waals surface area contributed by atoms with E-state index < -0.39 is 0 Å². The Morgan fingerprint density at radius 2 is 1.33 bits per heavy atom. The van der Waals surface area contributed by atoms with E-state index in [-0.39, 0.29) is 10.8 Å². The van der Waals surface area contributed by atoms with E-state index in [4.69, 9.17) is 0 Å². The van der Waals surface area contributed by atoms with Crippen molar-refractivity contribution in [2.24, 2.45) is 0 Å². The summed E-state index contributed by atoms with van der Waals surface area (Å²) in [4.78, 5) is 2.21. The Morgan fingerprint density at radius 3 is 1.62 bits per heavy atom. The van der Waals surface area contributed by atoms with Gasteiger partial charge >= 0.3 is 0 Å². The lowest BCUT2D eigenvalue weighted by Gasteiger charge is -2.29. The normalized spacial score (nSPS) is 14.6. The SMILES string of the molecule is CC(CN(C)C)c1cc(C(C)(C)C)c(O)c(C(C)(C)C)c1. The summed E-state index contributed by atoms with van der Waals surface area (Å²) in [6.45, 7) is 16.2. The molecule has 0 fully saturated rings. The molecule has 2 heteroatoms. The summed E-state index contributed by atoms with van der Waals surface area (Å²) in [6, 6.07) is 4.39. The van der Waals surface area contributed by atoms with Crippen molar-refractivity contribution < 1.29 is 5.11 Å². The molecule has 0 radical (unpaired) electrons. The number of hydrogen-bond acceptors (Lipinski definition) is 2. The molecule has 0 saturated heterocycles. The molecule has 1 aromatic carbocycles. The first-order valence-corrected chi connectivity index (χ1v) is 7.86. The number of aromatic hydroxyl groups is 1. The van der Waals surface area contributed by atoms with Crippen molar-refractivity contribution in [2.45, 2.75) is 65.2 Å². The van der Waals surface area contributed by atoms with Crippen molar-refractivity contribution in [3.63, 3.8) is 0 Å². The van der Waals surface area contributed by atoms with Gasteiger partial charge in [0.15, 0.2) is 0 Å². The van der Waals surface area contributed by atoms with Crippen molar-refractivity contribution in [1.29, 1.82) is 0 Å². The second-order valence-corrected chi connectivity index (χ2v) is 8.63. The Hall–Kier alpha value is -1.02. The fourth-order valence-electron chi connectivity index (χ4n) is 2.74. The van der Waals surface area contributed by atoms with Crippen LogP contribution in [0.5, 0.6) is 5.75 Å². The lowest BCUT2D eigenvalue weighted by molar-refractivity contribution is 0.381. The Kier molecular flexibility index (Phi) is 5.15. The van der Waals surface area contributed by atoms with E-state index in [0.29, 0.717) is 11.7 Å². The number of phenolic OH excluding ortho intramolecular Hbond substituents is 1. The second-order valence-electron chi connectivity index (χ2n) is 8.63. The maximum Gasteiger partial charge on any atom is 0.123 e. The third-order valence-electron chi connectivity index (χ3n) is 3.96. The van der Waals surface area contributed by atoms with Crippen LogP contribution in [0.4, 0.5) is 0 Å². The molecule has 0 bridgehead atoms. The predicted molar refractivity (Wildman–Crippen MR) is 92.5 cm³/mol. The van der Waals surface area contributed by atoms with Gasteiger partial charge in [0.25, 0.3) is 0 Å². The van der Waals surface area contributed by atoms with Gasteiger partial charge in [0, 0.05) is 6.54 Å². The summed E-state index contributed by atoms with van der Waals surface area (Å²) in [5.41, 5.74) is 3.30. The monoisotopic (exact) mass is 291 g/mol. The quantitative estimate of drug-likeness (QED) is 0.876. The van der Waals surface area contributed by atoms with Gasteiger partial charge in [-0.1, -0.05) is 60.6 Å². The highest BCUT2D eigenvalue weighted by Crippen LogP contribution is 2.41. The topological polar surface area (TPSA) is 23.5 Å². The highest BCUT2D eigenvalue weighted by molar-refractivity contribution is 5.50. The van der Waals surface area contributed by atoms with Crippen molar-refractivity contribution in [2.75, 3.05) is 20.6 Å². The first-order valence-electron chi connectivity index (χ1n) is 7.86. The molecule has 0 heterocycles. The van der Waals surface area contributed by atoms with Crippen molar-refractivity contribution >= 4 is 0 Å². The largest absolute Gasteiger partial charge is 0.507 e. The molecule has 0 spiro atoms. The molecule has 1 atom stereocenters. The minimum Gasteiger partial charge on any atom is -0.507 e. The summed E-state index contributed by atoms with van der Waals surface area (Å²) in [5, 5.41) is 10.7. The van der Waals surface area contributed by atoms with Crippen LogP contribution in [0.2, 0.25) is 0 Å². The maximum absolute atomic E-state index is 10.7. The molecule has 1 aromatic rings. The van der Waals surface area contributed by atoms with E-state index >= 15 is 0 Å². The Balaban J connectivity index is 3.48. The molecule has 0 amide bonds. The summed E-state index contributed by atoms with van der Waals surface area (Å²) >= 11 is 0. The molecular weight excluding hydrogens is 258 g/mol. The Bertz CT molecular complexity index is 454. The molecule has 0 aliphatic heterocycles. The van der Waals surface area contributed by atoms with E-state index in [1.165, 1.54) is 5.56 Å². The molecule has 120 valence electrons. The van der Waals surface area contributed by atoms with Crippen LogP contribution in [0.1, 0.15) is 71.1 Å². The number of benzene rings is 1. The molecule has 1 unspecified atom stereocenters. The third kappa shape index (κ3) is 4.47. The van der Waals surface area contributed by atoms with Crippen LogP contribution in [-0.4, -0.2) is 30.6 Å². The highest BCUT2D eigenvalue weighted by atomic mass is 16.3. The van der Waals surface area contributed by atoms with Gasteiger partial charge in [-0.25, -0.2) is 0 Å². The molecule has 0 saturated carbocycles. The van der Waals surface area contributed by atoms with E-state index in [1.54, 1.807) is 0 Å². The zero-order chi connectivity index (χ0) is 16.6. The lowest BCUT2D eigenvalue weighted by Crippen LogP contribution is -2.21. The van der Waals surface area contributed by atoms with Crippen LogP contribution in [0, 0.1) is 0 Å². The first-order chi connectivity index (χ1) is 9.34. The van der Waals surface area contributed by atoms with Gasteiger partial charge in [-0.2, -0.15) is 0 Å². The number of nitrogens with zero attached hydrogens (tertiary/aromatic N) is 1. The van der Waals surface area contributed by atoms with Gasteiger partial charge in [-0.3, -0.25) is 0 Å². The van der Waals surface area contributed by atoms with Crippen LogP contribution >= 0.6 is 0 Å². The Morgan fingerprint density at radius 1 is 0.952 bits per heavy atom. The van der Waals surface area contributed by atoms with Crippen molar-refractivity contribution in [3.8, 4) is 5.75 Å². The molecule has 0 aromatic heterocycles. The van der Waals surface area contributed by atoms with Gasteiger partial charge < -0.3 is 10.0 Å². The van der Waals surface area contributed by atoms with Gasteiger partial charge in [-0.15, -0.1) is 0 Å². The van der Waals surface area contributed by atoms with Crippen LogP contribution in [0.25, 0.3) is 0 Å². The third-order valence-corrected chi connectivity index (χ3v) is 3.96. The summed E-state index contributed by atoms with van der Waals surface area (Å²) in [7, 11) is 4.21. The summed E-state index contributed by atoms with van der Waals surface area (Å²) in [6.07, 6.45) is 0. The van der Waals surface area contributed by atoms with Crippen LogP contribution in [0.15, 0.2) is 12.1 Å². The zero-order valence-corrected chi connectivity index (χ0v) is 15.3. The maximum atomic E-state index is 10.7. The van der Waals surface area contributed by atoms with Crippen molar-refractivity contribution in [1.82, 2.24) is 4.90 Å². The zero-order valence-electron chi connectivity index (χ0n) is 15.3. The van der Waals surface area contributed by atoms with E-state index in [0.717, 1.165) is 17.7 Å². The minimum atomic E-state index is -0.0576. The summed E-state index contributed by atoms with van der Waals surface area (Å²) < 4.78 is 0. The number of phenols is 1. The van der Waals surface area contributed by atoms with Crippen LogP contribution in [0.3, 0.4) is 0 Å². The van der Waals surface area contributed by atoms with Crippen LogP contribution in [-0.2, 0) is 10.8 Å². The molecule has 21 heavy (non-hydrogen) atoms. The number of likely N-dealkylation sites (N-methyl/N-ethyl adjacent to an activating group) is 1. The molecule has 0 aliphatic carbocycles. The average Bonchev–Trinajstić information content (AvgIpc) is 2.24. The average molecular weight is 291 g/mol. The Labute approximate surface area is 131 Å². The smallest absolute Gasteiger partial charge is 0.123 e. The number of rotatable bonds is 3. The van der Waals surface area contributed by atoms with Gasteiger partial charge in [0.05, 0.1) is 0 Å². The van der Waals surface area contributed by atoms with Gasteiger partial charge in [0.2, 0.25) is 0 Å². The molecule has 1 rings (SSSR count). The predicted octanol–water partition coefficient (Wildman–Crippen LogP) is 4.65. The van der Waals surface area contributed by atoms with Crippen LogP contribution < -0.4 is 0 Å². The number of hydrogen-bond donors (Lipinski definition) is 1. The van der Waals surface area contributed by atoms with E-state index in [2.05, 4.69) is 79.6 Å². The molecular formula is C19H33NO. The first kappa shape index (κ1) is 18.0. The fraction of sp³-hybridized carbons (Fsp3) is 0.684. The molecule has 1 N–H and O–H groups in total. The van der Waals surface area contributed by atoms with E-state index in [9.17, 15) is 5.11 Å². The van der Waals surface area contributed by atoms with E-state index in [1.807, 2.05) is 0 Å². The van der Waals surface area contributed by atoms with Gasteiger partial charge in [-0.05, 0) is 47.5 Å². The fourth-order valence-corrected chi connectivity index (χ4v) is 2.74. The second kappa shape index (κ2) is 6.00.